The Morgan fingerprint density at radius 2 is 1.60 bits per heavy atom. The van der Waals surface area contributed by atoms with Crippen LogP contribution < -0.4 is 27.6 Å². The average molecular weight is 402 g/mol. The van der Waals surface area contributed by atoms with Crippen LogP contribution >= 0.6 is 0 Å². The van der Waals surface area contributed by atoms with E-state index in [1.54, 1.807) is 30.3 Å². The lowest BCUT2D eigenvalue weighted by molar-refractivity contribution is 0.633. The lowest BCUT2D eigenvalue weighted by atomic mass is 9.96. The minimum atomic E-state index is -0.642. The molecule has 2 radical (unpaired) electrons. The number of anilines is 2. The van der Waals surface area contributed by atoms with Crippen molar-refractivity contribution >= 4 is 35.7 Å². The van der Waals surface area contributed by atoms with Crippen LogP contribution in [0.1, 0.15) is 0 Å². The van der Waals surface area contributed by atoms with Gasteiger partial charge in [-0.05, 0) is 24.3 Å². The summed E-state index contributed by atoms with van der Waals surface area (Å²) in [6, 6.07) is 13.9. The Morgan fingerprint density at radius 1 is 0.900 bits per heavy atom. The van der Waals surface area contributed by atoms with Crippen LogP contribution in [0.25, 0.3) is 16.7 Å². The topological polar surface area (TPSA) is 78.0 Å². The van der Waals surface area contributed by atoms with Gasteiger partial charge in [-0.1, -0.05) is 29.7 Å². The summed E-state index contributed by atoms with van der Waals surface area (Å²) < 4.78 is 17.8. The van der Waals surface area contributed by atoms with Gasteiger partial charge in [0.15, 0.2) is 0 Å². The van der Waals surface area contributed by atoms with Crippen LogP contribution in [0.15, 0.2) is 69.0 Å². The van der Waals surface area contributed by atoms with E-state index in [0.717, 1.165) is 10.6 Å². The van der Waals surface area contributed by atoms with E-state index >= 15 is 0 Å². The molecule has 2 aromatic heterocycles. The molecule has 0 aliphatic rings. The molecule has 0 aliphatic carbocycles. The van der Waals surface area contributed by atoms with Crippen molar-refractivity contribution in [3.8, 4) is 5.69 Å². The van der Waals surface area contributed by atoms with E-state index in [9.17, 15) is 18.8 Å². The molecule has 0 amide bonds. The van der Waals surface area contributed by atoms with E-state index in [-0.39, 0.29) is 27.9 Å². The number of aromatic nitrogens is 3. The standard InChI is InChI=1S/C21H16BFN4O3/c1-25-17(28)11-16(24-15-9-8-12(22)10-14(15)23)18-19(25)27(13-6-4-3-5-7-13)21(30)26(2)20(18)29/h3-11,24H,1-2H3. The molecule has 9 heteroatoms. The number of fused-ring (bicyclic) bond motifs is 1. The van der Waals surface area contributed by atoms with Gasteiger partial charge in [0, 0.05) is 20.2 Å². The van der Waals surface area contributed by atoms with E-state index in [1.807, 2.05) is 0 Å². The van der Waals surface area contributed by atoms with Crippen molar-refractivity contribution in [3.63, 3.8) is 0 Å². The fourth-order valence-corrected chi connectivity index (χ4v) is 3.34. The molecule has 2 aromatic carbocycles. The summed E-state index contributed by atoms with van der Waals surface area (Å²) in [5.74, 6) is -0.642. The van der Waals surface area contributed by atoms with Crippen molar-refractivity contribution in [3.05, 3.63) is 91.6 Å². The van der Waals surface area contributed by atoms with Gasteiger partial charge in [-0.15, -0.1) is 0 Å². The van der Waals surface area contributed by atoms with Crippen LogP contribution in [0.2, 0.25) is 0 Å². The number of halogens is 1. The SMILES string of the molecule is [B]c1ccc(Nc2cc(=O)n(C)c3c2c(=O)n(C)c(=O)n3-c2ccccc2)c(F)c1. The molecule has 0 unspecified atom stereocenters. The Labute approximate surface area is 171 Å². The van der Waals surface area contributed by atoms with Gasteiger partial charge in [-0.25, -0.2) is 13.8 Å². The van der Waals surface area contributed by atoms with Crippen LogP contribution in [0.5, 0.6) is 0 Å². The molecule has 0 bridgehead atoms. The van der Waals surface area contributed by atoms with E-state index in [4.69, 9.17) is 7.85 Å². The predicted molar refractivity (Wildman–Crippen MR) is 115 cm³/mol. The van der Waals surface area contributed by atoms with Gasteiger partial charge in [0.1, 0.15) is 24.7 Å². The molecule has 0 atom stereocenters. The summed E-state index contributed by atoms with van der Waals surface area (Å²) in [5.41, 5.74) is -0.756. The number of hydrogen-bond donors (Lipinski definition) is 1. The van der Waals surface area contributed by atoms with Gasteiger partial charge in [0.2, 0.25) is 0 Å². The van der Waals surface area contributed by atoms with Crippen LogP contribution in [0, 0.1) is 5.82 Å². The predicted octanol–water partition coefficient (Wildman–Crippen LogP) is 1.06. The second-order valence-corrected chi connectivity index (χ2v) is 6.84. The Kier molecular flexibility index (Phi) is 4.65. The number of para-hydroxylation sites is 1. The monoisotopic (exact) mass is 402 g/mol. The van der Waals surface area contributed by atoms with E-state index in [2.05, 4.69) is 5.32 Å². The van der Waals surface area contributed by atoms with Crippen LogP contribution in [0.3, 0.4) is 0 Å². The number of aryl methyl sites for hydroxylation is 1. The molecule has 4 aromatic rings. The van der Waals surface area contributed by atoms with E-state index < -0.39 is 22.6 Å². The molecule has 0 spiro atoms. The Balaban J connectivity index is 2.13. The molecule has 0 aliphatic heterocycles. The summed E-state index contributed by atoms with van der Waals surface area (Å²) in [5, 5.41) is 2.87. The highest BCUT2D eigenvalue weighted by Crippen LogP contribution is 2.24. The normalized spacial score (nSPS) is 11.0. The number of benzene rings is 2. The molecule has 1 N–H and O–H groups in total. The molecule has 4 rings (SSSR count). The smallest absolute Gasteiger partial charge is 0.336 e. The zero-order valence-corrected chi connectivity index (χ0v) is 16.2. The highest BCUT2D eigenvalue weighted by atomic mass is 19.1. The second kappa shape index (κ2) is 7.18. The average Bonchev–Trinajstić information content (AvgIpc) is 2.72. The van der Waals surface area contributed by atoms with Crippen molar-refractivity contribution in [2.45, 2.75) is 0 Å². The van der Waals surface area contributed by atoms with Crippen molar-refractivity contribution < 1.29 is 4.39 Å². The van der Waals surface area contributed by atoms with Gasteiger partial charge in [0.25, 0.3) is 11.1 Å². The summed E-state index contributed by atoms with van der Waals surface area (Å²) in [6.07, 6.45) is 0. The summed E-state index contributed by atoms with van der Waals surface area (Å²) in [4.78, 5) is 38.6. The van der Waals surface area contributed by atoms with Crippen molar-refractivity contribution in [1.82, 2.24) is 13.7 Å². The maximum absolute atomic E-state index is 14.3. The zero-order valence-electron chi connectivity index (χ0n) is 16.2. The van der Waals surface area contributed by atoms with E-state index in [0.29, 0.717) is 5.69 Å². The lowest BCUT2D eigenvalue weighted by Gasteiger charge is -2.18. The number of nitrogens with one attached hydrogen (secondary N) is 1. The summed E-state index contributed by atoms with van der Waals surface area (Å²) in [7, 11) is 8.41. The molecule has 0 saturated carbocycles. The van der Waals surface area contributed by atoms with Crippen molar-refractivity contribution in [2.24, 2.45) is 14.1 Å². The third kappa shape index (κ3) is 3.04. The molecular weight excluding hydrogens is 386 g/mol. The quantitative estimate of drug-likeness (QED) is 0.520. The first-order valence-corrected chi connectivity index (χ1v) is 9.03. The summed E-state index contributed by atoms with van der Waals surface area (Å²) in [6.45, 7) is 0. The molecule has 30 heavy (non-hydrogen) atoms. The minimum absolute atomic E-state index is 0.0401. The van der Waals surface area contributed by atoms with E-state index in [1.165, 1.54) is 41.4 Å². The molecule has 148 valence electrons. The maximum atomic E-state index is 14.3. The first-order valence-electron chi connectivity index (χ1n) is 9.03. The first kappa shape index (κ1) is 19.4. The van der Waals surface area contributed by atoms with Crippen LogP contribution in [0.4, 0.5) is 15.8 Å². The van der Waals surface area contributed by atoms with Crippen LogP contribution in [-0.2, 0) is 14.1 Å². The first-order chi connectivity index (χ1) is 14.3. The number of hydrogen-bond acceptors (Lipinski definition) is 4. The van der Waals surface area contributed by atoms with Crippen molar-refractivity contribution in [2.75, 3.05) is 5.32 Å². The Bertz CT molecular complexity index is 1470. The third-order valence-electron chi connectivity index (χ3n) is 4.89. The fourth-order valence-electron chi connectivity index (χ4n) is 3.34. The molecule has 7 nitrogen and oxygen atoms in total. The van der Waals surface area contributed by atoms with Gasteiger partial charge in [-0.2, -0.15) is 0 Å². The molecular formula is C21H16BFN4O3. The molecule has 0 saturated heterocycles. The molecule has 2 heterocycles. The Hall–Kier alpha value is -3.88. The maximum Gasteiger partial charge on any atom is 0.336 e. The zero-order chi connectivity index (χ0) is 21.6. The van der Waals surface area contributed by atoms with Gasteiger partial charge in [0.05, 0.1) is 17.1 Å². The van der Waals surface area contributed by atoms with Gasteiger partial charge in [-0.3, -0.25) is 18.7 Å². The van der Waals surface area contributed by atoms with Crippen molar-refractivity contribution in [1.29, 1.82) is 0 Å². The highest BCUT2D eigenvalue weighted by molar-refractivity contribution is 6.32. The van der Waals surface area contributed by atoms with Gasteiger partial charge < -0.3 is 5.32 Å². The lowest BCUT2D eigenvalue weighted by Crippen LogP contribution is -2.40. The largest absolute Gasteiger partial charge is 0.352 e. The van der Waals surface area contributed by atoms with Crippen LogP contribution in [-0.4, -0.2) is 21.5 Å². The number of rotatable bonds is 3. The molecule has 0 fully saturated rings. The van der Waals surface area contributed by atoms with Gasteiger partial charge >= 0.3 is 5.69 Å². The highest BCUT2D eigenvalue weighted by Gasteiger charge is 2.20. The third-order valence-corrected chi connectivity index (χ3v) is 4.89. The summed E-state index contributed by atoms with van der Waals surface area (Å²) >= 11 is 0. The minimum Gasteiger partial charge on any atom is -0.352 e. The Morgan fingerprint density at radius 3 is 2.27 bits per heavy atom. The fraction of sp³-hybridized carbons (Fsp3) is 0.0952. The second-order valence-electron chi connectivity index (χ2n) is 6.84. The number of pyridine rings is 1. The number of nitrogens with zero attached hydrogens (tertiary/aromatic N) is 3.